The van der Waals surface area contributed by atoms with Gasteiger partial charge in [-0.2, -0.15) is 0 Å². The fourth-order valence-electron chi connectivity index (χ4n) is 2.84. The van der Waals surface area contributed by atoms with E-state index in [1.54, 1.807) is 0 Å². The molecule has 0 fully saturated rings. The molecular weight excluding hydrogens is 234 g/mol. The summed E-state index contributed by atoms with van der Waals surface area (Å²) in [5.74, 6) is 6.32. The lowest BCUT2D eigenvalue weighted by Gasteiger charge is -2.33. The van der Waals surface area contributed by atoms with Gasteiger partial charge in [-0.15, -0.1) is 0 Å². The van der Waals surface area contributed by atoms with Gasteiger partial charge in [0.2, 0.25) is 0 Å². The summed E-state index contributed by atoms with van der Waals surface area (Å²) in [7, 11) is 0. The van der Waals surface area contributed by atoms with E-state index in [9.17, 15) is 0 Å². The van der Waals surface area contributed by atoms with Crippen molar-refractivity contribution in [1.29, 1.82) is 0 Å². The lowest BCUT2D eigenvalue weighted by Crippen LogP contribution is -2.31. The van der Waals surface area contributed by atoms with Gasteiger partial charge in [-0.1, -0.05) is 30.3 Å². The second-order valence-electron chi connectivity index (χ2n) is 5.29. The highest BCUT2D eigenvalue weighted by Crippen LogP contribution is 2.40. The average Bonchev–Trinajstić information content (AvgIpc) is 2.42. The highest BCUT2D eigenvalue weighted by molar-refractivity contribution is 5.40. The predicted octanol–water partition coefficient (Wildman–Crippen LogP) is 2.62. The summed E-state index contributed by atoms with van der Waals surface area (Å²) in [5, 5.41) is 0. The molecule has 0 spiro atoms. The maximum atomic E-state index is 5.71. The Morgan fingerprint density at radius 3 is 2.84 bits per heavy atom. The van der Waals surface area contributed by atoms with Gasteiger partial charge in [-0.3, -0.25) is 16.3 Å². The normalized spacial score (nSPS) is 18.5. The van der Waals surface area contributed by atoms with Crippen molar-refractivity contribution in [1.82, 2.24) is 10.4 Å². The Bertz CT molecular complexity index is 562. The molecule has 3 nitrogen and oxygen atoms in total. The third-order valence-corrected chi connectivity index (χ3v) is 4.02. The van der Waals surface area contributed by atoms with Crippen molar-refractivity contribution < 1.29 is 0 Å². The van der Waals surface area contributed by atoms with Crippen LogP contribution in [0.25, 0.3) is 0 Å². The van der Waals surface area contributed by atoms with Crippen molar-refractivity contribution in [3.8, 4) is 0 Å². The molecule has 0 saturated carbocycles. The van der Waals surface area contributed by atoms with Crippen molar-refractivity contribution in [3.05, 3.63) is 65.0 Å². The highest BCUT2D eigenvalue weighted by Gasteiger charge is 2.28. The maximum absolute atomic E-state index is 5.71. The molecule has 2 aromatic rings. The van der Waals surface area contributed by atoms with Crippen LogP contribution in [0.4, 0.5) is 0 Å². The van der Waals surface area contributed by atoms with E-state index in [2.05, 4.69) is 40.7 Å². The zero-order valence-corrected chi connectivity index (χ0v) is 11.1. The fraction of sp³-hybridized carbons (Fsp3) is 0.312. The third-order valence-electron chi connectivity index (χ3n) is 4.02. The first-order valence-electron chi connectivity index (χ1n) is 6.74. The molecule has 0 bridgehead atoms. The van der Waals surface area contributed by atoms with Crippen LogP contribution in [0.3, 0.4) is 0 Å². The second kappa shape index (κ2) is 5.11. The predicted molar refractivity (Wildman–Crippen MR) is 76.5 cm³/mol. The van der Waals surface area contributed by atoms with Crippen molar-refractivity contribution in [2.45, 2.75) is 31.7 Å². The van der Waals surface area contributed by atoms with Gasteiger partial charge >= 0.3 is 0 Å². The highest BCUT2D eigenvalue weighted by atomic mass is 15.2. The molecule has 19 heavy (non-hydrogen) atoms. The zero-order chi connectivity index (χ0) is 13.2. The van der Waals surface area contributed by atoms with Crippen molar-refractivity contribution in [2.75, 3.05) is 0 Å². The number of nitrogens with two attached hydrogens (primary N) is 1. The Labute approximate surface area is 113 Å². The van der Waals surface area contributed by atoms with Crippen molar-refractivity contribution >= 4 is 0 Å². The first kappa shape index (κ1) is 12.3. The number of nitrogens with one attached hydrogen (secondary N) is 1. The topological polar surface area (TPSA) is 50.9 Å². The third kappa shape index (κ3) is 2.39. The van der Waals surface area contributed by atoms with E-state index in [0.717, 1.165) is 24.1 Å². The van der Waals surface area contributed by atoms with Crippen LogP contribution in [0.5, 0.6) is 0 Å². The first-order chi connectivity index (χ1) is 9.28. The summed E-state index contributed by atoms with van der Waals surface area (Å²) in [4.78, 5) is 4.35. The minimum atomic E-state index is 0.173. The molecular formula is C16H19N3. The van der Waals surface area contributed by atoms with Crippen LogP contribution < -0.4 is 11.3 Å². The largest absolute Gasteiger partial charge is 0.271 e. The van der Waals surface area contributed by atoms with E-state index in [1.165, 1.54) is 11.1 Å². The van der Waals surface area contributed by atoms with E-state index in [0.29, 0.717) is 5.92 Å². The summed E-state index contributed by atoms with van der Waals surface area (Å²) in [5.41, 5.74) is 8.08. The van der Waals surface area contributed by atoms with Gasteiger partial charge in [-0.25, -0.2) is 0 Å². The number of hydrogen-bond acceptors (Lipinski definition) is 3. The molecule has 0 saturated heterocycles. The molecule has 1 aromatic heterocycles. The number of hydrazine groups is 1. The maximum Gasteiger partial charge on any atom is 0.0481 e. The minimum Gasteiger partial charge on any atom is -0.271 e. The summed E-state index contributed by atoms with van der Waals surface area (Å²) in [6, 6.07) is 13.0. The van der Waals surface area contributed by atoms with Gasteiger partial charge < -0.3 is 0 Å². The molecule has 3 rings (SSSR count). The van der Waals surface area contributed by atoms with Gasteiger partial charge in [0.25, 0.3) is 0 Å². The van der Waals surface area contributed by atoms with Gasteiger partial charge in [0.15, 0.2) is 0 Å². The summed E-state index contributed by atoms with van der Waals surface area (Å²) in [6.45, 7) is 2.00. The SMILES string of the molecule is Cc1ccc(C(CC2Cc3ccccc32)NN)cn1. The molecule has 3 heteroatoms. The quantitative estimate of drug-likeness (QED) is 0.650. The monoisotopic (exact) mass is 253 g/mol. The molecule has 2 atom stereocenters. The molecule has 1 aliphatic rings. The zero-order valence-electron chi connectivity index (χ0n) is 11.1. The van der Waals surface area contributed by atoms with E-state index >= 15 is 0 Å². The van der Waals surface area contributed by atoms with Gasteiger partial charge in [-0.05, 0) is 48.4 Å². The number of benzene rings is 1. The second-order valence-corrected chi connectivity index (χ2v) is 5.29. The Kier molecular flexibility index (Phi) is 3.32. The standard InChI is InChI=1S/C16H19N3/c1-11-6-7-13(10-18-11)16(19-17)9-14-8-12-4-2-3-5-15(12)14/h2-7,10,14,16,19H,8-9,17H2,1H3. The number of rotatable bonds is 4. The molecule has 1 heterocycles. The summed E-state index contributed by atoms with van der Waals surface area (Å²) < 4.78 is 0. The number of aryl methyl sites for hydroxylation is 1. The van der Waals surface area contributed by atoms with E-state index in [1.807, 2.05) is 19.2 Å². The number of aromatic nitrogens is 1. The molecule has 0 amide bonds. The molecule has 98 valence electrons. The summed E-state index contributed by atoms with van der Waals surface area (Å²) in [6.07, 6.45) is 4.11. The molecule has 3 N–H and O–H groups in total. The van der Waals surface area contributed by atoms with E-state index < -0.39 is 0 Å². The minimum absolute atomic E-state index is 0.173. The van der Waals surface area contributed by atoms with Gasteiger partial charge in [0.1, 0.15) is 0 Å². The molecule has 1 aliphatic carbocycles. The van der Waals surface area contributed by atoms with Crippen LogP contribution >= 0.6 is 0 Å². The molecule has 1 aromatic carbocycles. The van der Waals surface area contributed by atoms with E-state index in [-0.39, 0.29) is 6.04 Å². The number of pyridine rings is 1. The van der Waals surface area contributed by atoms with Crippen LogP contribution in [0.1, 0.15) is 40.8 Å². The Balaban J connectivity index is 1.73. The van der Waals surface area contributed by atoms with Crippen LogP contribution in [-0.4, -0.2) is 4.98 Å². The van der Waals surface area contributed by atoms with Crippen molar-refractivity contribution in [3.63, 3.8) is 0 Å². The molecule has 2 unspecified atom stereocenters. The van der Waals surface area contributed by atoms with Gasteiger partial charge in [0.05, 0.1) is 0 Å². The Hall–Kier alpha value is -1.71. The Morgan fingerprint density at radius 2 is 2.16 bits per heavy atom. The van der Waals surface area contributed by atoms with Crippen LogP contribution in [0.15, 0.2) is 42.6 Å². The Morgan fingerprint density at radius 1 is 1.32 bits per heavy atom. The lowest BCUT2D eigenvalue weighted by atomic mass is 9.74. The molecule has 0 radical (unpaired) electrons. The fourth-order valence-corrected chi connectivity index (χ4v) is 2.84. The molecule has 0 aliphatic heterocycles. The average molecular weight is 253 g/mol. The van der Waals surface area contributed by atoms with Gasteiger partial charge in [0, 0.05) is 17.9 Å². The summed E-state index contributed by atoms with van der Waals surface area (Å²) >= 11 is 0. The number of fused-ring (bicyclic) bond motifs is 1. The smallest absolute Gasteiger partial charge is 0.0481 e. The number of hydrogen-bond donors (Lipinski definition) is 2. The van der Waals surface area contributed by atoms with E-state index in [4.69, 9.17) is 5.84 Å². The lowest BCUT2D eigenvalue weighted by molar-refractivity contribution is 0.434. The van der Waals surface area contributed by atoms with Crippen molar-refractivity contribution in [2.24, 2.45) is 5.84 Å². The van der Waals surface area contributed by atoms with Crippen LogP contribution in [0, 0.1) is 6.92 Å². The van der Waals surface area contributed by atoms with Crippen LogP contribution in [-0.2, 0) is 6.42 Å². The number of nitrogens with zero attached hydrogens (tertiary/aromatic N) is 1. The van der Waals surface area contributed by atoms with Crippen LogP contribution in [0.2, 0.25) is 0 Å². The first-order valence-corrected chi connectivity index (χ1v) is 6.74.